The zero-order valence-corrected chi connectivity index (χ0v) is 18.9. The summed E-state index contributed by atoms with van der Waals surface area (Å²) in [5.74, 6) is -1.50. The van der Waals surface area contributed by atoms with Crippen molar-refractivity contribution in [2.75, 3.05) is 13.2 Å². The average molecular weight is 462 g/mol. The lowest BCUT2D eigenvalue weighted by Gasteiger charge is -2.09. The largest absolute Gasteiger partial charge is 0.461 e. The van der Waals surface area contributed by atoms with Gasteiger partial charge in [-0.3, -0.25) is 9.59 Å². The third-order valence-electron chi connectivity index (χ3n) is 4.35. The van der Waals surface area contributed by atoms with Crippen LogP contribution >= 0.6 is 0 Å². The van der Waals surface area contributed by atoms with Gasteiger partial charge >= 0.3 is 5.97 Å². The summed E-state index contributed by atoms with van der Waals surface area (Å²) in [6.07, 6.45) is 3.58. The topological polar surface area (TPSA) is 132 Å². The van der Waals surface area contributed by atoms with Crippen molar-refractivity contribution in [1.29, 1.82) is 0 Å². The standard InChI is InChI=1S/C22H27N3O6S/c1-3-5-20(26)23-13-12-16-6-9-18(10-7-16)32(29,30)25-21(27)17-8-11-19(24-15-17)22(28)31-14-4-2/h6-11,15H,3-5,12-14H2,1-2H3,(H,23,26)(H,25,27). The van der Waals surface area contributed by atoms with E-state index in [1.54, 1.807) is 12.1 Å². The van der Waals surface area contributed by atoms with E-state index >= 15 is 0 Å². The molecule has 10 heteroatoms. The third kappa shape index (κ3) is 7.45. The van der Waals surface area contributed by atoms with Crippen molar-refractivity contribution in [3.05, 3.63) is 59.4 Å². The van der Waals surface area contributed by atoms with Gasteiger partial charge in [-0.25, -0.2) is 22.9 Å². The highest BCUT2D eigenvalue weighted by Crippen LogP contribution is 2.12. The van der Waals surface area contributed by atoms with E-state index in [0.717, 1.165) is 18.2 Å². The Hall–Kier alpha value is -3.27. The Morgan fingerprint density at radius 2 is 1.72 bits per heavy atom. The normalized spacial score (nSPS) is 10.9. The Balaban J connectivity index is 1.96. The summed E-state index contributed by atoms with van der Waals surface area (Å²) >= 11 is 0. The van der Waals surface area contributed by atoms with Gasteiger partial charge < -0.3 is 10.1 Å². The van der Waals surface area contributed by atoms with Gasteiger partial charge in [-0.2, -0.15) is 0 Å². The minimum absolute atomic E-state index is 0.0138. The molecule has 2 rings (SSSR count). The van der Waals surface area contributed by atoms with Crippen molar-refractivity contribution in [2.24, 2.45) is 0 Å². The number of ether oxygens (including phenoxy) is 1. The Morgan fingerprint density at radius 1 is 1.00 bits per heavy atom. The van der Waals surface area contributed by atoms with Gasteiger partial charge in [0.25, 0.3) is 15.9 Å². The van der Waals surface area contributed by atoms with E-state index in [9.17, 15) is 22.8 Å². The summed E-state index contributed by atoms with van der Waals surface area (Å²) in [4.78, 5) is 39.3. The Labute approximate surface area is 187 Å². The summed E-state index contributed by atoms with van der Waals surface area (Å²) in [5, 5.41) is 2.79. The number of nitrogens with one attached hydrogen (secondary N) is 2. The summed E-state index contributed by atoms with van der Waals surface area (Å²) in [5.41, 5.74) is 0.862. The molecule has 0 spiro atoms. The molecule has 0 aliphatic heterocycles. The first-order valence-electron chi connectivity index (χ1n) is 10.3. The molecule has 2 N–H and O–H groups in total. The zero-order chi connectivity index (χ0) is 23.6. The summed E-state index contributed by atoms with van der Waals surface area (Å²) in [7, 11) is -4.09. The van der Waals surface area contributed by atoms with E-state index < -0.39 is 21.9 Å². The highest BCUT2D eigenvalue weighted by molar-refractivity contribution is 7.90. The molecular weight excluding hydrogens is 434 g/mol. The molecule has 1 aromatic carbocycles. The van der Waals surface area contributed by atoms with Crippen LogP contribution in [-0.4, -0.2) is 44.3 Å². The molecular formula is C22H27N3O6S. The van der Waals surface area contributed by atoms with Crippen molar-refractivity contribution in [3.63, 3.8) is 0 Å². The average Bonchev–Trinajstić information content (AvgIpc) is 2.78. The number of amides is 2. The number of rotatable bonds is 11. The molecule has 0 bridgehead atoms. The fourth-order valence-corrected chi connectivity index (χ4v) is 3.63. The van der Waals surface area contributed by atoms with Gasteiger partial charge in [0.2, 0.25) is 5.91 Å². The second kappa shape index (κ2) is 11.9. The maximum Gasteiger partial charge on any atom is 0.356 e. The van der Waals surface area contributed by atoms with Crippen LogP contribution in [0, 0.1) is 0 Å². The molecule has 2 aromatic rings. The van der Waals surface area contributed by atoms with Crippen LogP contribution in [0.2, 0.25) is 0 Å². The van der Waals surface area contributed by atoms with Crippen molar-refractivity contribution in [2.45, 2.75) is 44.4 Å². The van der Waals surface area contributed by atoms with Crippen LogP contribution in [0.4, 0.5) is 0 Å². The number of hydrogen-bond acceptors (Lipinski definition) is 7. The lowest BCUT2D eigenvalue weighted by molar-refractivity contribution is -0.121. The van der Waals surface area contributed by atoms with Crippen molar-refractivity contribution in [3.8, 4) is 0 Å². The molecule has 0 unspecified atom stereocenters. The first-order chi connectivity index (χ1) is 15.3. The molecule has 172 valence electrons. The predicted octanol–water partition coefficient (Wildman–Crippen LogP) is 2.23. The van der Waals surface area contributed by atoms with Gasteiger partial charge in [0, 0.05) is 19.2 Å². The first-order valence-corrected chi connectivity index (χ1v) is 11.8. The molecule has 0 aliphatic carbocycles. The fraction of sp³-hybridized carbons (Fsp3) is 0.364. The molecule has 0 saturated heterocycles. The molecule has 2 amide bonds. The lowest BCUT2D eigenvalue weighted by atomic mass is 10.1. The van der Waals surface area contributed by atoms with Gasteiger partial charge in [-0.15, -0.1) is 0 Å². The maximum absolute atomic E-state index is 12.5. The van der Waals surface area contributed by atoms with Crippen molar-refractivity contribution >= 4 is 27.8 Å². The quantitative estimate of drug-likeness (QED) is 0.491. The van der Waals surface area contributed by atoms with Crippen LogP contribution in [0.15, 0.2) is 47.5 Å². The van der Waals surface area contributed by atoms with Gasteiger partial charge in [-0.05, 0) is 49.1 Å². The monoisotopic (exact) mass is 461 g/mol. The second-order valence-corrected chi connectivity index (χ2v) is 8.68. The number of nitrogens with zero attached hydrogens (tertiary/aromatic N) is 1. The molecule has 0 aliphatic rings. The molecule has 9 nitrogen and oxygen atoms in total. The molecule has 1 heterocycles. The Kier molecular flexibility index (Phi) is 9.33. The lowest BCUT2D eigenvalue weighted by Crippen LogP contribution is -2.30. The van der Waals surface area contributed by atoms with E-state index in [1.807, 2.05) is 18.6 Å². The Bertz CT molecular complexity index is 1030. The molecule has 0 saturated carbocycles. The van der Waals surface area contributed by atoms with Gasteiger partial charge in [-0.1, -0.05) is 26.0 Å². The highest BCUT2D eigenvalue weighted by atomic mass is 32.2. The van der Waals surface area contributed by atoms with Crippen LogP contribution in [0.25, 0.3) is 0 Å². The maximum atomic E-state index is 12.5. The minimum Gasteiger partial charge on any atom is -0.461 e. The summed E-state index contributed by atoms with van der Waals surface area (Å²) < 4.78 is 32.0. The molecule has 0 fully saturated rings. The number of carbonyl (C=O) groups is 3. The van der Waals surface area contributed by atoms with E-state index in [-0.39, 0.29) is 28.7 Å². The van der Waals surface area contributed by atoms with Crippen molar-refractivity contribution < 1.29 is 27.5 Å². The number of pyridine rings is 1. The summed E-state index contributed by atoms with van der Waals surface area (Å²) in [6, 6.07) is 8.64. The Morgan fingerprint density at radius 3 is 2.31 bits per heavy atom. The smallest absolute Gasteiger partial charge is 0.356 e. The molecule has 0 radical (unpaired) electrons. The van der Waals surface area contributed by atoms with Crippen LogP contribution in [0.5, 0.6) is 0 Å². The number of esters is 1. The molecule has 32 heavy (non-hydrogen) atoms. The van der Waals surface area contributed by atoms with Crippen LogP contribution in [0.3, 0.4) is 0 Å². The number of carbonyl (C=O) groups excluding carboxylic acids is 3. The summed E-state index contributed by atoms with van der Waals surface area (Å²) in [6.45, 7) is 4.49. The zero-order valence-electron chi connectivity index (χ0n) is 18.1. The van der Waals surface area contributed by atoms with Crippen LogP contribution in [-0.2, 0) is 26.0 Å². The SMILES string of the molecule is CCCOC(=O)c1ccc(C(=O)NS(=O)(=O)c2ccc(CCNC(=O)CCC)cc2)cn1. The molecule has 1 aromatic heterocycles. The van der Waals surface area contributed by atoms with Gasteiger partial charge in [0.15, 0.2) is 0 Å². The second-order valence-electron chi connectivity index (χ2n) is 7.00. The van der Waals surface area contributed by atoms with E-state index in [0.29, 0.717) is 25.8 Å². The van der Waals surface area contributed by atoms with Gasteiger partial charge in [0.1, 0.15) is 5.69 Å². The van der Waals surface area contributed by atoms with E-state index in [1.165, 1.54) is 24.3 Å². The highest BCUT2D eigenvalue weighted by Gasteiger charge is 2.19. The molecule has 0 atom stereocenters. The van der Waals surface area contributed by atoms with Crippen LogP contribution in [0.1, 0.15) is 59.5 Å². The van der Waals surface area contributed by atoms with Gasteiger partial charge in [0.05, 0.1) is 17.1 Å². The van der Waals surface area contributed by atoms with Crippen molar-refractivity contribution in [1.82, 2.24) is 15.0 Å². The fourth-order valence-electron chi connectivity index (χ4n) is 2.65. The van der Waals surface area contributed by atoms with E-state index in [4.69, 9.17) is 4.74 Å². The first kappa shape index (κ1) is 25.0. The minimum atomic E-state index is -4.09. The number of aromatic nitrogens is 1. The van der Waals surface area contributed by atoms with Crippen LogP contribution < -0.4 is 10.0 Å². The predicted molar refractivity (Wildman–Crippen MR) is 118 cm³/mol. The number of benzene rings is 1. The third-order valence-corrected chi connectivity index (χ3v) is 5.69. The van der Waals surface area contributed by atoms with E-state index in [2.05, 4.69) is 10.3 Å². The number of hydrogen-bond donors (Lipinski definition) is 2. The number of sulfonamides is 1.